The number of hydrogen-bond acceptors (Lipinski definition) is 4. The Bertz CT molecular complexity index is 481. The summed E-state index contributed by atoms with van der Waals surface area (Å²) in [6.45, 7) is 0. The Morgan fingerprint density at radius 2 is 2.21 bits per heavy atom. The van der Waals surface area contributed by atoms with Gasteiger partial charge in [0.2, 0.25) is 0 Å². The van der Waals surface area contributed by atoms with Crippen molar-refractivity contribution in [2.45, 2.75) is 37.8 Å². The highest BCUT2D eigenvalue weighted by atomic mass is 35.5. The number of carbonyl (C=O) groups excluding carboxylic acids is 1. The molecule has 6 heteroatoms. The van der Waals surface area contributed by atoms with E-state index in [0.29, 0.717) is 5.56 Å². The molecule has 0 aliphatic heterocycles. The van der Waals surface area contributed by atoms with E-state index in [9.17, 15) is 9.90 Å². The first-order chi connectivity index (χ1) is 9.00. The van der Waals surface area contributed by atoms with Gasteiger partial charge in [-0.1, -0.05) is 24.4 Å². The van der Waals surface area contributed by atoms with Gasteiger partial charge < -0.3 is 15.7 Å². The van der Waals surface area contributed by atoms with Crippen LogP contribution in [-0.4, -0.2) is 40.1 Å². The summed E-state index contributed by atoms with van der Waals surface area (Å²) in [5.41, 5.74) is 5.91. The largest absolute Gasteiger partial charge is 0.391 e. The summed E-state index contributed by atoms with van der Waals surface area (Å²) >= 11 is 5.98. The van der Waals surface area contributed by atoms with Crippen molar-refractivity contribution in [3.63, 3.8) is 0 Å². The summed E-state index contributed by atoms with van der Waals surface area (Å²) in [5.74, 6) is 0.0235. The van der Waals surface area contributed by atoms with E-state index in [1.54, 1.807) is 11.9 Å². The number of rotatable bonds is 2. The third-order valence-corrected chi connectivity index (χ3v) is 3.92. The Balaban J connectivity index is 2.20. The molecule has 1 heterocycles. The van der Waals surface area contributed by atoms with Gasteiger partial charge in [-0.3, -0.25) is 4.79 Å². The lowest BCUT2D eigenvalue weighted by atomic mass is 9.91. The summed E-state index contributed by atoms with van der Waals surface area (Å²) in [6.07, 6.45) is 4.46. The molecule has 1 aromatic rings. The molecule has 1 amide bonds. The lowest BCUT2D eigenvalue weighted by molar-refractivity contribution is 0.0268. The van der Waals surface area contributed by atoms with Gasteiger partial charge in [-0.2, -0.15) is 0 Å². The van der Waals surface area contributed by atoms with Crippen LogP contribution in [0.5, 0.6) is 0 Å². The molecule has 5 nitrogen and oxygen atoms in total. The Morgan fingerprint density at radius 3 is 2.89 bits per heavy atom. The zero-order chi connectivity index (χ0) is 14.0. The molecule has 3 N–H and O–H groups in total. The molecule has 0 radical (unpaired) electrons. The molecule has 2 atom stereocenters. The second-order valence-electron chi connectivity index (χ2n) is 4.92. The average Bonchev–Trinajstić information content (AvgIpc) is 2.40. The normalized spacial score (nSPS) is 23.1. The number of aliphatic hydroxyl groups is 1. The number of aromatic nitrogens is 1. The van der Waals surface area contributed by atoms with Gasteiger partial charge in [0.25, 0.3) is 5.91 Å². The van der Waals surface area contributed by atoms with E-state index in [4.69, 9.17) is 17.3 Å². The van der Waals surface area contributed by atoms with Gasteiger partial charge in [0.05, 0.1) is 22.7 Å². The topological polar surface area (TPSA) is 79.5 Å². The van der Waals surface area contributed by atoms with Crippen molar-refractivity contribution in [2.24, 2.45) is 0 Å². The van der Waals surface area contributed by atoms with Gasteiger partial charge in [-0.25, -0.2) is 4.98 Å². The predicted molar refractivity (Wildman–Crippen MR) is 74.0 cm³/mol. The average molecular weight is 284 g/mol. The number of amides is 1. The maximum atomic E-state index is 12.4. The van der Waals surface area contributed by atoms with E-state index in [1.165, 1.54) is 12.3 Å². The Morgan fingerprint density at radius 1 is 1.53 bits per heavy atom. The maximum absolute atomic E-state index is 12.4. The van der Waals surface area contributed by atoms with Crippen molar-refractivity contribution in [3.05, 3.63) is 22.8 Å². The van der Waals surface area contributed by atoms with E-state index in [2.05, 4.69) is 4.98 Å². The van der Waals surface area contributed by atoms with Crippen molar-refractivity contribution in [1.29, 1.82) is 0 Å². The lowest BCUT2D eigenvalue weighted by Gasteiger charge is -2.35. The molecule has 19 heavy (non-hydrogen) atoms. The third-order valence-electron chi connectivity index (χ3n) is 3.62. The number of pyridine rings is 1. The van der Waals surface area contributed by atoms with Crippen molar-refractivity contribution >= 4 is 23.3 Å². The number of hydrogen-bond donors (Lipinski definition) is 2. The van der Waals surface area contributed by atoms with Gasteiger partial charge in [0.15, 0.2) is 0 Å². The van der Waals surface area contributed by atoms with Gasteiger partial charge >= 0.3 is 0 Å². The molecule has 2 unspecified atom stereocenters. The number of likely N-dealkylation sites (N-methyl/N-ethyl adjacent to an activating group) is 1. The fourth-order valence-electron chi connectivity index (χ4n) is 2.50. The van der Waals surface area contributed by atoms with Gasteiger partial charge in [0, 0.05) is 13.2 Å². The Hall–Kier alpha value is -1.33. The number of aliphatic hydroxyl groups excluding tert-OH is 1. The number of nitrogens with two attached hydrogens (primary N) is 1. The summed E-state index contributed by atoms with van der Waals surface area (Å²) < 4.78 is 0. The highest BCUT2D eigenvalue weighted by molar-refractivity contribution is 6.33. The predicted octanol–water partition coefficient (Wildman–Crippen LogP) is 1.69. The van der Waals surface area contributed by atoms with Gasteiger partial charge in [-0.15, -0.1) is 0 Å². The quantitative estimate of drug-likeness (QED) is 0.866. The monoisotopic (exact) mass is 283 g/mol. The second-order valence-corrected chi connectivity index (χ2v) is 5.33. The SMILES string of the molecule is CN(C(=O)c1cc(N)ncc1Cl)C1CCCCC1O. The fourth-order valence-corrected chi connectivity index (χ4v) is 2.69. The Labute approximate surface area is 117 Å². The van der Waals surface area contributed by atoms with E-state index >= 15 is 0 Å². The van der Waals surface area contributed by atoms with Crippen LogP contribution in [0.3, 0.4) is 0 Å². The zero-order valence-electron chi connectivity index (χ0n) is 10.8. The summed E-state index contributed by atoms with van der Waals surface area (Å²) in [7, 11) is 1.69. The van der Waals surface area contributed by atoms with E-state index < -0.39 is 6.10 Å². The molecule has 1 fully saturated rings. The number of nitrogens with zero attached hydrogens (tertiary/aromatic N) is 2. The molecule has 1 aliphatic carbocycles. The second kappa shape index (κ2) is 5.75. The summed E-state index contributed by atoms with van der Waals surface area (Å²) in [6, 6.07) is 1.31. The molecule has 0 bridgehead atoms. The first-order valence-electron chi connectivity index (χ1n) is 6.37. The summed E-state index contributed by atoms with van der Waals surface area (Å²) in [4.78, 5) is 17.8. The van der Waals surface area contributed by atoms with Crippen LogP contribution in [0.15, 0.2) is 12.3 Å². The van der Waals surface area contributed by atoms with Crippen LogP contribution >= 0.6 is 11.6 Å². The maximum Gasteiger partial charge on any atom is 0.255 e. The van der Waals surface area contributed by atoms with E-state index in [1.807, 2.05) is 0 Å². The van der Waals surface area contributed by atoms with Crippen LogP contribution in [0.4, 0.5) is 5.82 Å². The van der Waals surface area contributed by atoms with E-state index in [0.717, 1.165) is 25.7 Å². The molecule has 0 aromatic carbocycles. The molecule has 1 aromatic heterocycles. The molecule has 0 saturated heterocycles. The fraction of sp³-hybridized carbons (Fsp3) is 0.538. The van der Waals surface area contributed by atoms with Crippen molar-refractivity contribution in [2.75, 3.05) is 12.8 Å². The molecule has 2 rings (SSSR count). The number of carbonyl (C=O) groups is 1. The minimum atomic E-state index is -0.472. The van der Waals surface area contributed by atoms with Crippen molar-refractivity contribution < 1.29 is 9.90 Å². The molecular formula is C13H18ClN3O2. The van der Waals surface area contributed by atoms with Crippen LogP contribution < -0.4 is 5.73 Å². The minimum Gasteiger partial charge on any atom is -0.391 e. The molecule has 0 spiro atoms. The van der Waals surface area contributed by atoms with Crippen molar-refractivity contribution in [1.82, 2.24) is 9.88 Å². The summed E-state index contributed by atoms with van der Waals surface area (Å²) in [5, 5.41) is 10.3. The van der Waals surface area contributed by atoms with Crippen LogP contribution in [-0.2, 0) is 0 Å². The smallest absolute Gasteiger partial charge is 0.255 e. The number of nitrogen functional groups attached to an aromatic ring is 1. The van der Waals surface area contributed by atoms with Gasteiger partial charge in [0.1, 0.15) is 5.82 Å². The van der Waals surface area contributed by atoms with Crippen LogP contribution in [0, 0.1) is 0 Å². The first-order valence-corrected chi connectivity index (χ1v) is 6.74. The molecule has 104 valence electrons. The van der Waals surface area contributed by atoms with E-state index in [-0.39, 0.29) is 22.8 Å². The third kappa shape index (κ3) is 2.98. The molecule has 1 aliphatic rings. The van der Waals surface area contributed by atoms with Crippen LogP contribution in [0.1, 0.15) is 36.0 Å². The van der Waals surface area contributed by atoms with Gasteiger partial charge in [-0.05, 0) is 18.9 Å². The zero-order valence-corrected chi connectivity index (χ0v) is 11.6. The Kier molecular flexibility index (Phi) is 4.27. The lowest BCUT2D eigenvalue weighted by Crippen LogP contribution is -2.46. The number of halogens is 1. The molecular weight excluding hydrogens is 266 g/mol. The highest BCUT2D eigenvalue weighted by Crippen LogP contribution is 2.25. The van der Waals surface area contributed by atoms with Crippen LogP contribution in [0.2, 0.25) is 5.02 Å². The standard InChI is InChI=1S/C13H18ClN3O2/c1-17(10-4-2-3-5-11(10)18)13(19)8-6-12(15)16-7-9(8)14/h6-7,10-11,18H,2-5H2,1H3,(H2,15,16). The van der Waals surface area contributed by atoms with Crippen LogP contribution in [0.25, 0.3) is 0 Å². The van der Waals surface area contributed by atoms with Crippen molar-refractivity contribution in [3.8, 4) is 0 Å². The number of anilines is 1. The highest BCUT2D eigenvalue weighted by Gasteiger charge is 2.30. The first kappa shape index (κ1) is 14.1. The minimum absolute atomic E-state index is 0.160. The molecule has 1 saturated carbocycles.